The van der Waals surface area contributed by atoms with Gasteiger partial charge in [-0.05, 0) is 80.5 Å². The summed E-state index contributed by atoms with van der Waals surface area (Å²) in [4.78, 5) is 96.1. The van der Waals surface area contributed by atoms with Crippen LogP contribution in [-0.2, 0) is 33.6 Å². The molecule has 0 bridgehead atoms. The van der Waals surface area contributed by atoms with Crippen molar-refractivity contribution in [3.8, 4) is 0 Å². The Morgan fingerprint density at radius 2 is 1.56 bits per heavy atom. The predicted molar refractivity (Wildman–Crippen MR) is 185 cm³/mol. The van der Waals surface area contributed by atoms with Gasteiger partial charge in [-0.3, -0.25) is 33.6 Å². The summed E-state index contributed by atoms with van der Waals surface area (Å²) in [7, 11) is 0. The lowest BCUT2D eigenvalue weighted by Gasteiger charge is -2.38. The topological polar surface area (TPSA) is 183 Å². The summed E-state index contributed by atoms with van der Waals surface area (Å²) in [5.41, 5.74) is -0.750. The molecule has 3 saturated carbocycles. The summed E-state index contributed by atoms with van der Waals surface area (Å²) in [5, 5.41) is 14.3. The number of nitrogens with zero attached hydrogens (tertiary/aromatic N) is 1. The van der Waals surface area contributed by atoms with Gasteiger partial charge in [-0.25, -0.2) is 0 Å². The molecular weight excluding hydrogens is 640 g/mol. The summed E-state index contributed by atoms with van der Waals surface area (Å²) in [6.07, 6.45) is 8.53. The highest BCUT2D eigenvalue weighted by atomic mass is 16.2. The van der Waals surface area contributed by atoms with Crippen LogP contribution in [0, 0.1) is 35.0 Å². The Labute approximate surface area is 295 Å². The third kappa shape index (κ3) is 8.01. The Kier molecular flexibility index (Phi) is 11.6. The fraction of sp³-hybridized carbons (Fsp3) is 0.811. The van der Waals surface area contributed by atoms with Crippen molar-refractivity contribution in [2.24, 2.45) is 35.0 Å². The zero-order valence-electron chi connectivity index (χ0n) is 30.6. The third-order valence-corrected chi connectivity index (χ3v) is 12.0. The summed E-state index contributed by atoms with van der Waals surface area (Å²) in [5.74, 6) is -3.76. The molecule has 13 heteroatoms. The summed E-state index contributed by atoms with van der Waals surface area (Å²) >= 11 is 0. The number of hydrogen-bond acceptors (Lipinski definition) is 7. The molecule has 2 heterocycles. The van der Waals surface area contributed by atoms with Gasteiger partial charge in [-0.2, -0.15) is 0 Å². The maximum Gasteiger partial charge on any atom is 0.289 e. The molecule has 5 N–H and O–H groups in total. The van der Waals surface area contributed by atoms with Crippen LogP contribution in [0.5, 0.6) is 0 Å². The van der Waals surface area contributed by atoms with Crippen molar-refractivity contribution in [1.29, 1.82) is 0 Å². The van der Waals surface area contributed by atoms with Gasteiger partial charge < -0.3 is 31.5 Å². The molecule has 278 valence electrons. The van der Waals surface area contributed by atoms with E-state index in [4.69, 9.17) is 0 Å². The Balaban J connectivity index is 1.37. The lowest BCUT2D eigenvalue weighted by atomic mass is 9.75. The van der Waals surface area contributed by atoms with Gasteiger partial charge in [0.1, 0.15) is 30.2 Å². The molecule has 2 saturated heterocycles. The fourth-order valence-electron chi connectivity index (χ4n) is 9.08. The number of Topliss-reactive ketones (excluding diaryl/α,β-unsaturated/α-hetero) is 1. The minimum atomic E-state index is -1.01. The lowest BCUT2D eigenvalue weighted by Crippen LogP contribution is -2.62. The summed E-state index contributed by atoms with van der Waals surface area (Å²) in [6.45, 7) is 11.2. The largest absolute Gasteiger partial charge is 0.347 e. The molecule has 2 unspecified atom stereocenters. The number of amides is 6. The van der Waals surface area contributed by atoms with Crippen molar-refractivity contribution in [2.45, 2.75) is 148 Å². The van der Waals surface area contributed by atoms with Gasteiger partial charge in [-0.15, -0.1) is 0 Å². The zero-order valence-corrected chi connectivity index (χ0v) is 30.6. The molecule has 0 aromatic heterocycles. The first-order valence-corrected chi connectivity index (χ1v) is 19.0. The van der Waals surface area contributed by atoms with Crippen molar-refractivity contribution in [3.63, 3.8) is 0 Å². The molecule has 2 aliphatic heterocycles. The van der Waals surface area contributed by atoms with Gasteiger partial charge in [0.2, 0.25) is 35.3 Å². The molecule has 13 nitrogen and oxygen atoms in total. The molecule has 0 spiro atoms. The van der Waals surface area contributed by atoms with E-state index in [1.807, 2.05) is 27.7 Å². The maximum absolute atomic E-state index is 14.7. The Morgan fingerprint density at radius 1 is 0.880 bits per heavy atom. The van der Waals surface area contributed by atoms with Gasteiger partial charge in [-0.1, -0.05) is 60.3 Å². The Hall–Kier alpha value is -3.51. The van der Waals surface area contributed by atoms with E-state index in [9.17, 15) is 33.6 Å². The van der Waals surface area contributed by atoms with Crippen molar-refractivity contribution in [1.82, 2.24) is 31.5 Å². The van der Waals surface area contributed by atoms with Gasteiger partial charge in [0.05, 0.1) is 0 Å². The van der Waals surface area contributed by atoms with Crippen LogP contribution in [-0.4, -0.2) is 88.9 Å². The van der Waals surface area contributed by atoms with E-state index < -0.39 is 65.0 Å². The van der Waals surface area contributed by atoms with Crippen molar-refractivity contribution in [3.05, 3.63) is 0 Å². The first kappa shape index (κ1) is 37.7. The number of likely N-dealkylation sites (tertiary alicyclic amines) is 1. The second-order valence-corrected chi connectivity index (χ2v) is 16.5. The van der Waals surface area contributed by atoms with E-state index in [-0.39, 0.29) is 53.9 Å². The minimum Gasteiger partial charge on any atom is -0.347 e. The van der Waals surface area contributed by atoms with Crippen molar-refractivity contribution >= 4 is 41.2 Å². The number of carbonyl (C=O) groups is 7. The summed E-state index contributed by atoms with van der Waals surface area (Å²) in [6, 6.07) is -4.51. The highest BCUT2D eigenvalue weighted by Crippen LogP contribution is 2.52. The van der Waals surface area contributed by atoms with Gasteiger partial charge in [0.15, 0.2) is 0 Å². The molecule has 6 amide bonds. The lowest BCUT2D eigenvalue weighted by molar-refractivity contribution is -0.146. The fourth-order valence-corrected chi connectivity index (χ4v) is 9.08. The number of ketones is 1. The standard InChI is InChI=1S/C37H58N6O7/c1-7-23-24-17-14-21-18-43(29(26(21)24)34(48)41-28(23)30(45)35(49)39-22-15-16-22)36(50)31(37(4,5)6)42-33(47)27(20-12-10-9-11-13-20)40-32(46)19(3)38-25(44)8-2/h19-24,26-29,31H,7-18H2,1-6H3,(H,38,44)(H,39,49)(H,40,46)(H,41,48)(H,42,47)/t19-,21+,23?,24?,26-,27+,28+,29+,31-/m1/s1. The molecule has 50 heavy (non-hydrogen) atoms. The molecule has 5 aliphatic rings. The van der Waals surface area contributed by atoms with Crippen LogP contribution in [0.4, 0.5) is 0 Å². The Bertz CT molecular complexity index is 1350. The van der Waals surface area contributed by atoms with Crippen LogP contribution in [0.15, 0.2) is 0 Å². The van der Waals surface area contributed by atoms with Gasteiger partial charge in [0.25, 0.3) is 5.91 Å². The van der Waals surface area contributed by atoms with Crippen LogP contribution in [0.1, 0.15) is 112 Å². The number of nitrogens with one attached hydrogen (secondary N) is 5. The molecule has 0 radical (unpaired) electrons. The summed E-state index contributed by atoms with van der Waals surface area (Å²) < 4.78 is 0. The predicted octanol–water partition coefficient (Wildman–Crippen LogP) is 1.72. The van der Waals surface area contributed by atoms with E-state index in [0.717, 1.165) is 57.8 Å². The highest BCUT2D eigenvalue weighted by Gasteiger charge is 2.60. The highest BCUT2D eigenvalue weighted by molar-refractivity contribution is 6.38. The molecule has 5 fully saturated rings. The second kappa shape index (κ2) is 15.4. The van der Waals surface area contributed by atoms with Crippen LogP contribution in [0.3, 0.4) is 0 Å². The number of carbonyl (C=O) groups excluding carboxylic acids is 7. The van der Waals surface area contributed by atoms with E-state index in [1.54, 1.807) is 18.7 Å². The molecule has 3 aliphatic carbocycles. The smallest absolute Gasteiger partial charge is 0.289 e. The first-order chi connectivity index (χ1) is 23.7. The quantitative estimate of drug-likeness (QED) is 0.192. The van der Waals surface area contributed by atoms with Crippen LogP contribution >= 0.6 is 0 Å². The minimum absolute atomic E-state index is 0.0114. The van der Waals surface area contributed by atoms with Crippen LogP contribution in [0.2, 0.25) is 0 Å². The number of rotatable bonds is 12. The third-order valence-electron chi connectivity index (χ3n) is 12.0. The average molecular weight is 699 g/mol. The van der Waals surface area contributed by atoms with Crippen LogP contribution < -0.4 is 26.6 Å². The van der Waals surface area contributed by atoms with Crippen molar-refractivity contribution in [2.75, 3.05) is 6.54 Å². The number of hydrogen-bond donors (Lipinski definition) is 5. The average Bonchev–Trinajstić information content (AvgIpc) is 3.72. The zero-order chi connectivity index (χ0) is 36.5. The monoisotopic (exact) mass is 698 g/mol. The molecule has 0 aromatic carbocycles. The normalized spacial score (nSPS) is 29.8. The van der Waals surface area contributed by atoms with E-state index in [1.165, 1.54) is 0 Å². The first-order valence-electron chi connectivity index (χ1n) is 19.0. The van der Waals surface area contributed by atoms with E-state index in [2.05, 4.69) is 26.6 Å². The molecule has 5 rings (SSSR count). The van der Waals surface area contributed by atoms with Gasteiger partial charge in [0, 0.05) is 19.0 Å². The van der Waals surface area contributed by atoms with Gasteiger partial charge >= 0.3 is 0 Å². The van der Waals surface area contributed by atoms with Crippen molar-refractivity contribution < 1.29 is 33.6 Å². The van der Waals surface area contributed by atoms with E-state index in [0.29, 0.717) is 13.0 Å². The van der Waals surface area contributed by atoms with E-state index >= 15 is 0 Å². The Morgan fingerprint density at radius 3 is 2.16 bits per heavy atom. The molecule has 9 atom stereocenters. The SMILES string of the molecule is CCC(=O)N[C@H](C)C(=O)N[C@H](C(=O)N[C@H](C(=O)N1C[C@@H]2CCC3C(CC)[C@@H](C(=O)C(=O)NC4CC4)NC(=O)[C@@H]1[C@@H]32)C(C)(C)C)C1CCCCC1. The second-order valence-electron chi connectivity index (χ2n) is 16.5. The van der Waals surface area contributed by atoms with Crippen LogP contribution in [0.25, 0.3) is 0 Å². The molecular formula is C37H58N6O7. The maximum atomic E-state index is 14.7. The molecule has 0 aromatic rings.